The Kier molecular flexibility index (Phi) is 3.06. The van der Waals surface area contributed by atoms with Crippen LogP contribution in [0.3, 0.4) is 0 Å². The van der Waals surface area contributed by atoms with Gasteiger partial charge in [-0.15, -0.1) is 11.6 Å². The summed E-state index contributed by atoms with van der Waals surface area (Å²) in [5.74, 6) is -1.42. The number of pyridine rings is 1. The number of hydrogen-bond donors (Lipinski definition) is 0. The minimum Gasteiger partial charge on any atom is -0.329 e. The van der Waals surface area contributed by atoms with Crippen molar-refractivity contribution in [2.45, 2.75) is 0 Å². The van der Waals surface area contributed by atoms with Crippen molar-refractivity contribution >= 4 is 11.6 Å². The van der Waals surface area contributed by atoms with Gasteiger partial charge in [0.05, 0.1) is 5.78 Å². The van der Waals surface area contributed by atoms with Crippen LogP contribution in [0.1, 0.15) is 20.8 Å². The number of nitrogens with zero attached hydrogens (tertiary/aromatic N) is 2. The molecule has 1 aromatic rings. The fourth-order valence-electron chi connectivity index (χ4n) is 1.23. The molecule has 14 heavy (non-hydrogen) atoms. The SMILES string of the molecule is N#C[C-]1C(=O)c2cccnc2C1=O.[Na+]. The minimum atomic E-state index is -0.567. The molecule has 1 aromatic heterocycles. The molecule has 62 valence electrons. The van der Waals surface area contributed by atoms with Gasteiger partial charge in [0.25, 0.3) is 0 Å². The molecule has 1 heterocycles. The van der Waals surface area contributed by atoms with Crippen LogP contribution in [-0.2, 0) is 0 Å². The molecule has 1 aliphatic carbocycles. The van der Waals surface area contributed by atoms with Crippen LogP contribution in [-0.4, -0.2) is 16.6 Å². The van der Waals surface area contributed by atoms with Gasteiger partial charge in [0.15, 0.2) is 0 Å². The first kappa shape index (κ1) is 10.9. The number of Topliss-reactive ketones (excluding diaryl/α,β-unsaturated/α-hetero) is 2. The van der Waals surface area contributed by atoms with Gasteiger partial charge in [0.2, 0.25) is 0 Å². The van der Waals surface area contributed by atoms with Crippen molar-refractivity contribution in [2.24, 2.45) is 0 Å². The number of carbonyl (C=O) groups excluding carboxylic acids is 2. The fraction of sp³-hybridized carbons (Fsp3) is 0. The average Bonchev–Trinajstić information content (AvgIpc) is 2.41. The van der Waals surface area contributed by atoms with E-state index in [0.717, 1.165) is 0 Å². The summed E-state index contributed by atoms with van der Waals surface area (Å²) in [4.78, 5) is 26.4. The quantitative estimate of drug-likeness (QED) is 0.340. The summed E-state index contributed by atoms with van der Waals surface area (Å²) in [6.45, 7) is 0. The monoisotopic (exact) mass is 194 g/mol. The summed E-state index contributed by atoms with van der Waals surface area (Å²) in [7, 11) is 0. The van der Waals surface area contributed by atoms with E-state index < -0.39 is 11.6 Å². The van der Waals surface area contributed by atoms with Gasteiger partial charge in [-0.05, 0) is 5.69 Å². The van der Waals surface area contributed by atoms with E-state index in [9.17, 15) is 9.59 Å². The molecule has 4 nitrogen and oxygen atoms in total. The van der Waals surface area contributed by atoms with Gasteiger partial charge in [0, 0.05) is 18.2 Å². The number of rotatable bonds is 0. The summed E-state index contributed by atoms with van der Waals surface area (Å²) in [5.41, 5.74) is 0.313. The second kappa shape index (κ2) is 3.93. The summed E-state index contributed by atoms with van der Waals surface area (Å²) in [5, 5.41) is 8.52. The van der Waals surface area contributed by atoms with E-state index in [1.807, 2.05) is 0 Å². The van der Waals surface area contributed by atoms with E-state index in [-0.39, 0.29) is 46.7 Å². The molecular weight excluding hydrogens is 191 g/mol. The molecule has 0 spiro atoms. The Bertz CT molecular complexity index is 415. The molecule has 0 bridgehead atoms. The Labute approximate surface area is 102 Å². The fourth-order valence-corrected chi connectivity index (χ4v) is 1.23. The van der Waals surface area contributed by atoms with Crippen molar-refractivity contribution in [1.82, 2.24) is 4.98 Å². The molecule has 0 saturated heterocycles. The number of carbonyl (C=O) groups is 2. The minimum absolute atomic E-state index is 0. The Morgan fingerprint density at radius 1 is 1.36 bits per heavy atom. The normalized spacial score (nSPS) is 13.2. The van der Waals surface area contributed by atoms with Gasteiger partial charge < -0.3 is 14.6 Å². The molecule has 0 atom stereocenters. The molecule has 0 saturated carbocycles. The average molecular weight is 194 g/mol. The first-order chi connectivity index (χ1) is 6.25. The Morgan fingerprint density at radius 2 is 2.07 bits per heavy atom. The third kappa shape index (κ3) is 1.36. The zero-order valence-electron chi connectivity index (χ0n) is 7.44. The van der Waals surface area contributed by atoms with Gasteiger partial charge in [-0.3, -0.25) is 0 Å². The van der Waals surface area contributed by atoms with Crippen LogP contribution >= 0.6 is 0 Å². The van der Waals surface area contributed by atoms with E-state index in [0.29, 0.717) is 0 Å². The molecule has 5 heteroatoms. The number of hydrogen-bond acceptors (Lipinski definition) is 4. The van der Waals surface area contributed by atoms with E-state index in [4.69, 9.17) is 5.26 Å². The maximum absolute atomic E-state index is 11.3. The molecule has 0 aliphatic heterocycles. The van der Waals surface area contributed by atoms with Crippen molar-refractivity contribution < 1.29 is 39.1 Å². The van der Waals surface area contributed by atoms with Crippen molar-refractivity contribution in [2.75, 3.05) is 0 Å². The van der Waals surface area contributed by atoms with Gasteiger partial charge in [-0.2, -0.15) is 0 Å². The van der Waals surface area contributed by atoms with Gasteiger partial charge >= 0.3 is 29.6 Å². The maximum atomic E-state index is 11.3. The zero-order chi connectivity index (χ0) is 9.42. The van der Waals surface area contributed by atoms with Crippen LogP contribution in [0.15, 0.2) is 18.3 Å². The molecule has 1 aliphatic rings. The largest absolute Gasteiger partial charge is 1.00 e. The Morgan fingerprint density at radius 3 is 2.64 bits per heavy atom. The summed E-state index contributed by atoms with van der Waals surface area (Å²) in [6.07, 6.45) is 1.42. The number of ketones is 2. The van der Waals surface area contributed by atoms with Crippen molar-refractivity contribution in [3.05, 3.63) is 35.5 Å². The zero-order valence-corrected chi connectivity index (χ0v) is 9.44. The third-order valence-corrected chi connectivity index (χ3v) is 1.83. The molecule has 0 aromatic carbocycles. The second-order valence-corrected chi connectivity index (χ2v) is 2.54. The predicted octanol–water partition coefficient (Wildman–Crippen LogP) is -2.44. The van der Waals surface area contributed by atoms with E-state index in [1.54, 1.807) is 12.1 Å². The third-order valence-electron chi connectivity index (χ3n) is 1.83. The molecule has 0 unspecified atom stereocenters. The van der Waals surface area contributed by atoms with Crippen LogP contribution in [0.4, 0.5) is 0 Å². The first-order valence-electron chi connectivity index (χ1n) is 3.57. The Balaban J connectivity index is 0.000000980. The van der Waals surface area contributed by atoms with Crippen LogP contribution in [0.5, 0.6) is 0 Å². The number of aromatic nitrogens is 1. The summed E-state index contributed by atoms with van der Waals surface area (Å²) >= 11 is 0. The standard InChI is InChI=1S/C9H3N2O2.Na/c10-4-6-8(12)5-2-1-3-11-7(5)9(6)13;/h1-3H;/q-1;+1. The van der Waals surface area contributed by atoms with E-state index >= 15 is 0 Å². The van der Waals surface area contributed by atoms with E-state index in [2.05, 4.69) is 4.98 Å². The van der Waals surface area contributed by atoms with Crippen molar-refractivity contribution in [3.8, 4) is 6.07 Å². The first-order valence-corrected chi connectivity index (χ1v) is 3.57. The van der Waals surface area contributed by atoms with Crippen LogP contribution in [0, 0.1) is 17.2 Å². The molecule has 0 fully saturated rings. The second-order valence-electron chi connectivity index (χ2n) is 2.54. The van der Waals surface area contributed by atoms with E-state index in [1.165, 1.54) is 12.3 Å². The van der Waals surface area contributed by atoms with Gasteiger partial charge in [-0.25, -0.2) is 5.26 Å². The number of fused-ring (bicyclic) bond motifs is 1. The Hall–Kier alpha value is -1.15. The predicted molar refractivity (Wildman–Crippen MR) is 41.8 cm³/mol. The molecule has 0 radical (unpaired) electrons. The smallest absolute Gasteiger partial charge is 0.329 e. The van der Waals surface area contributed by atoms with Crippen LogP contribution < -0.4 is 29.6 Å². The molecule has 0 amide bonds. The van der Waals surface area contributed by atoms with Gasteiger partial charge in [0.1, 0.15) is 5.78 Å². The number of nitriles is 1. The topological polar surface area (TPSA) is 70.8 Å². The molecule has 0 N–H and O–H groups in total. The summed E-state index contributed by atoms with van der Waals surface area (Å²) < 4.78 is 0. The van der Waals surface area contributed by atoms with Gasteiger partial charge in [-0.1, -0.05) is 6.07 Å². The summed E-state index contributed by atoms with van der Waals surface area (Å²) in [6, 6.07) is 4.64. The molecular formula is C9H3N2NaO2. The maximum Gasteiger partial charge on any atom is 1.00 e. The van der Waals surface area contributed by atoms with Crippen LogP contribution in [0.2, 0.25) is 0 Å². The van der Waals surface area contributed by atoms with Crippen molar-refractivity contribution in [3.63, 3.8) is 0 Å². The van der Waals surface area contributed by atoms with Crippen molar-refractivity contribution in [1.29, 1.82) is 5.26 Å². The van der Waals surface area contributed by atoms with Crippen LogP contribution in [0.25, 0.3) is 0 Å². The molecule has 2 rings (SSSR count).